The number of nitrogens with two attached hydrogens (primary N) is 1. The standard InChI is InChI=1S/C24H31N5O7/c1-13(27-22(33)16(25)8-9-20(30)31)21(32)28-18(23(34)29-10-4-7-19(29)24(35)36)11-14-12-26-17-6-3-2-5-15(14)17/h2-3,5-6,12-13,16,18-19,26H,4,7-11,25H2,1H3,(H,27,33)(H,28,32)(H,30,31)(H,35,36). The highest BCUT2D eigenvalue weighted by molar-refractivity contribution is 5.95. The van der Waals surface area contributed by atoms with Gasteiger partial charge in [0.05, 0.1) is 6.04 Å². The summed E-state index contributed by atoms with van der Waals surface area (Å²) in [7, 11) is 0. The van der Waals surface area contributed by atoms with Crippen LogP contribution in [0.15, 0.2) is 30.5 Å². The first-order valence-electron chi connectivity index (χ1n) is 11.7. The van der Waals surface area contributed by atoms with E-state index in [0.29, 0.717) is 12.8 Å². The predicted octanol–water partition coefficient (Wildman–Crippen LogP) is -0.0324. The number of carbonyl (C=O) groups is 5. The Hall–Kier alpha value is -3.93. The van der Waals surface area contributed by atoms with E-state index in [0.717, 1.165) is 16.5 Å². The molecule has 0 aliphatic carbocycles. The van der Waals surface area contributed by atoms with Crippen LogP contribution in [0.3, 0.4) is 0 Å². The van der Waals surface area contributed by atoms with Gasteiger partial charge in [0, 0.05) is 36.5 Å². The lowest BCUT2D eigenvalue weighted by atomic mass is 10.0. The maximum Gasteiger partial charge on any atom is 0.326 e. The second-order valence-electron chi connectivity index (χ2n) is 8.92. The summed E-state index contributed by atoms with van der Waals surface area (Å²) in [6.07, 6.45) is 2.32. The van der Waals surface area contributed by atoms with Crippen LogP contribution >= 0.6 is 0 Å². The summed E-state index contributed by atoms with van der Waals surface area (Å²) in [6.45, 7) is 1.68. The number of aromatic nitrogens is 1. The minimum absolute atomic E-state index is 0.0945. The minimum atomic E-state index is -1.11. The van der Waals surface area contributed by atoms with Crippen LogP contribution in [0.1, 0.15) is 38.2 Å². The Morgan fingerprint density at radius 3 is 2.56 bits per heavy atom. The molecule has 0 saturated carbocycles. The molecule has 36 heavy (non-hydrogen) atoms. The van der Waals surface area contributed by atoms with Gasteiger partial charge in [0.1, 0.15) is 18.1 Å². The number of H-pyrrole nitrogens is 1. The number of rotatable bonds is 11. The third-order valence-corrected chi connectivity index (χ3v) is 6.29. The third kappa shape index (κ3) is 6.39. The van der Waals surface area contributed by atoms with E-state index >= 15 is 0 Å². The molecule has 1 aliphatic rings. The van der Waals surface area contributed by atoms with E-state index in [-0.39, 0.29) is 25.8 Å². The number of para-hydroxylation sites is 1. The SMILES string of the molecule is CC(NC(=O)C(N)CCC(=O)O)C(=O)NC(Cc1c[nH]c2ccccc12)C(=O)N1CCCC1C(=O)O. The van der Waals surface area contributed by atoms with Crippen molar-refractivity contribution in [1.29, 1.82) is 0 Å². The minimum Gasteiger partial charge on any atom is -0.481 e. The Bertz CT molecular complexity index is 1150. The first kappa shape index (κ1) is 26.7. The molecule has 3 amide bonds. The molecule has 1 aliphatic heterocycles. The predicted molar refractivity (Wildman–Crippen MR) is 129 cm³/mol. The number of amides is 3. The molecule has 1 aromatic carbocycles. The van der Waals surface area contributed by atoms with Crippen LogP contribution in [-0.4, -0.2) is 80.5 Å². The van der Waals surface area contributed by atoms with Gasteiger partial charge in [0.25, 0.3) is 0 Å². The molecule has 1 fully saturated rings. The van der Waals surface area contributed by atoms with Crippen LogP contribution in [0.25, 0.3) is 10.9 Å². The monoisotopic (exact) mass is 501 g/mol. The topological polar surface area (TPSA) is 195 Å². The molecular weight excluding hydrogens is 470 g/mol. The van der Waals surface area contributed by atoms with E-state index in [1.165, 1.54) is 11.8 Å². The number of benzene rings is 1. The molecular formula is C24H31N5O7. The zero-order chi connectivity index (χ0) is 26.4. The van der Waals surface area contributed by atoms with Crippen LogP contribution in [0, 0.1) is 0 Å². The molecule has 0 bridgehead atoms. The third-order valence-electron chi connectivity index (χ3n) is 6.29. The van der Waals surface area contributed by atoms with Gasteiger partial charge < -0.3 is 36.5 Å². The number of nitrogens with zero attached hydrogens (tertiary/aromatic N) is 1. The smallest absolute Gasteiger partial charge is 0.326 e. The molecule has 0 radical (unpaired) electrons. The molecule has 1 aromatic heterocycles. The average Bonchev–Trinajstić information content (AvgIpc) is 3.49. The number of hydrogen-bond acceptors (Lipinski definition) is 6. The van der Waals surface area contributed by atoms with E-state index in [2.05, 4.69) is 15.6 Å². The van der Waals surface area contributed by atoms with Gasteiger partial charge in [0.15, 0.2) is 0 Å². The second-order valence-corrected chi connectivity index (χ2v) is 8.92. The molecule has 4 unspecified atom stereocenters. The van der Waals surface area contributed by atoms with Crippen LogP contribution in [0.5, 0.6) is 0 Å². The second kappa shape index (κ2) is 11.7. The van der Waals surface area contributed by atoms with Crippen molar-refractivity contribution < 1.29 is 34.2 Å². The van der Waals surface area contributed by atoms with Gasteiger partial charge in [-0.05, 0) is 37.8 Å². The number of likely N-dealkylation sites (tertiary alicyclic amines) is 1. The average molecular weight is 502 g/mol. The number of carboxylic acid groups (broad SMARTS) is 2. The number of hydrogen-bond donors (Lipinski definition) is 6. The van der Waals surface area contributed by atoms with Crippen molar-refractivity contribution in [2.24, 2.45) is 5.73 Å². The molecule has 4 atom stereocenters. The van der Waals surface area contributed by atoms with Crippen LogP contribution in [-0.2, 0) is 30.4 Å². The highest BCUT2D eigenvalue weighted by Crippen LogP contribution is 2.23. The van der Waals surface area contributed by atoms with Crippen molar-refractivity contribution in [1.82, 2.24) is 20.5 Å². The fourth-order valence-corrected chi connectivity index (χ4v) is 4.30. The number of carbonyl (C=O) groups excluding carboxylic acids is 3. The van der Waals surface area contributed by atoms with Crippen molar-refractivity contribution in [3.05, 3.63) is 36.0 Å². The van der Waals surface area contributed by atoms with E-state index in [1.807, 2.05) is 24.3 Å². The molecule has 12 nitrogen and oxygen atoms in total. The molecule has 1 saturated heterocycles. The van der Waals surface area contributed by atoms with E-state index in [9.17, 15) is 29.1 Å². The largest absolute Gasteiger partial charge is 0.481 e. The molecule has 2 heterocycles. The summed E-state index contributed by atoms with van der Waals surface area (Å²) in [5.74, 6) is -4.06. The summed E-state index contributed by atoms with van der Waals surface area (Å²) in [5, 5.41) is 24.3. The van der Waals surface area contributed by atoms with Crippen molar-refractivity contribution in [2.45, 2.75) is 63.2 Å². The number of aromatic amines is 1. The van der Waals surface area contributed by atoms with Gasteiger partial charge in [-0.15, -0.1) is 0 Å². The number of fused-ring (bicyclic) bond motifs is 1. The van der Waals surface area contributed by atoms with Gasteiger partial charge in [-0.1, -0.05) is 18.2 Å². The van der Waals surface area contributed by atoms with E-state index in [1.54, 1.807) is 6.20 Å². The zero-order valence-electron chi connectivity index (χ0n) is 19.9. The lowest BCUT2D eigenvalue weighted by Gasteiger charge is -2.28. The van der Waals surface area contributed by atoms with Crippen molar-refractivity contribution in [2.75, 3.05) is 6.54 Å². The Morgan fingerprint density at radius 2 is 1.86 bits per heavy atom. The maximum atomic E-state index is 13.4. The summed E-state index contributed by atoms with van der Waals surface area (Å²) in [6, 6.07) is 3.24. The van der Waals surface area contributed by atoms with Crippen molar-refractivity contribution >= 4 is 40.6 Å². The number of carboxylic acids is 2. The Balaban J connectivity index is 1.76. The Labute approximate surface area is 207 Å². The van der Waals surface area contributed by atoms with Gasteiger partial charge in [-0.2, -0.15) is 0 Å². The Kier molecular flexibility index (Phi) is 8.64. The molecule has 194 valence electrons. The quantitative estimate of drug-likeness (QED) is 0.247. The fraction of sp³-hybridized carbons (Fsp3) is 0.458. The lowest BCUT2D eigenvalue weighted by molar-refractivity contribution is -0.149. The summed E-state index contributed by atoms with van der Waals surface area (Å²) < 4.78 is 0. The highest BCUT2D eigenvalue weighted by atomic mass is 16.4. The lowest BCUT2D eigenvalue weighted by Crippen LogP contribution is -2.57. The summed E-state index contributed by atoms with van der Waals surface area (Å²) >= 11 is 0. The highest BCUT2D eigenvalue weighted by Gasteiger charge is 2.38. The van der Waals surface area contributed by atoms with E-state index < -0.39 is 53.8 Å². The molecule has 7 N–H and O–H groups in total. The molecule has 0 spiro atoms. The van der Waals surface area contributed by atoms with Crippen LogP contribution in [0.2, 0.25) is 0 Å². The summed E-state index contributed by atoms with van der Waals surface area (Å²) in [5.41, 5.74) is 7.32. The van der Waals surface area contributed by atoms with Crippen LogP contribution < -0.4 is 16.4 Å². The van der Waals surface area contributed by atoms with Gasteiger partial charge in [-0.3, -0.25) is 19.2 Å². The van der Waals surface area contributed by atoms with Crippen molar-refractivity contribution in [3.8, 4) is 0 Å². The van der Waals surface area contributed by atoms with Gasteiger partial charge in [0.2, 0.25) is 17.7 Å². The number of aliphatic carboxylic acids is 2. The summed E-state index contributed by atoms with van der Waals surface area (Å²) in [4.78, 5) is 65.4. The molecule has 12 heteroatoms. The van der Waals surface area contributed by atoms with Crippen molar-refractivity contribution in [3.63, 3.8) is 0 Å². The fourth-order valence-electron chi connectivity index (χ4n) is 4.30. The number of nitrogens with one attached hydrogen (secondary N) is 3. The normalized spacial score (nSPS) is 17.8. The first-order chi connectivity index (χ1) is 17.1. The van der Waals surface area contributed by atoms with Crippen LogP contribution in [0.4, 0.5) is 0 Å². The van der Waals surface area contributed by atoms with Gasteiger partial charge in [-0.25, -0.2) is 4.79 Å². The molecule has 2 aromatic rings. The Morgan fingerprint density at radius 1 is 1.14 bits per heavy atom. The molecule has 3 rings (SSSR count). The van der Waals surface area contributed by atoms with Gasteiger partial charge >= 0.3 is 11.9 Å². The maximum absolute atomic E-state index is 13.4. The van der Waals surface area contributed by atoms with E-state index in [4.69, 9.17) is 10.8 Å². The zero-order valence-corrected chi connectivity index (χ0v) is 19.9. The first-order valence-corrected chi connectivity index (χ1v) is 11.7.